The van der Waals surface area contributed by atoms with Crippen molar-refractivity contribution in [2.24, 2.45) is 0 Å². The van der Waals surface area contributed by atoms with E-state index < -0.39 is 4.92 Å². The predicted octanol–water partition coefficient (Wildman–Crippen LogP) is 1.41. The van der Waals surface area contributed by atoms with Crippen molar-refractivity contribution in [3.05, 3.63) is 21.1 Å². The first-order valence-corrected chi connectivity index (χ1v) is 6.95. The SMILES string of the molecule is Cc1nc(Cl)nc(N(C)CC(=O)N2CCCC2)c1[N+](=O)[O-]. The van der Waals surface area contributed by atoms with Crippen LogP contribution in [0, 0.1) is 17.0 Å². The van der Waals surface area contributed by atoms with Gasteiger partial charge in [-0.3, -0.25) is 14.9 Å². The summed E-state index contributed by atoms with van der Waals surface area (Å²) >= 11 is 5.77. The van der Waals surface area contributed by atoms with Crippen LogP contribution < -0.4 is 4.90 Å². The van der Waals surface area contributed by atoms with E-state index >= 15 is 0 Å². The van der Waals surface area contributed by atoms with Crippen molar-refractivity contribution in [1.29, 1.82) is 0 Å². The lowest BCUT2D eigenvalue weighted by atomic mass is 10.3. The Hall–Kier alpha value is -1.96. The van der Waals surface area contributed by atoms with E-state index in [4.69, 9.17) is 11.6 Å². The number of carbonyl (C=O) groups is 1. The maximum atomic E-state index is 12.1. The van der Waals surface area contributed by atoms with Crippen LogP contribution in [0.2, 0.25) is 5.28 Å². The van der Waals surface area contributed by atoms with Gasteiger partial charge in [-0.25, -0.2) is 4.98 Å². The largest absolute Gasteiger partial charge is 0.344 e. The lowest BCUT2D eigenvalue weighted by Crippen LogP contribution is -2.37. The standard InChI is InChI=1S/C12H16ClN5O3/c1-8-10(18(20)21)11(15-12(13)14-8)16(2)7-9(19)17-5-3-4-6-17/h3-7H2,1-2H3. The fourth-order valence-corrected chi connectivity index (χ4v) is 2.55. The summed E-state index contributed by atoms with van der Waals surface area (Å²) in [6.07, 6.45) is 1.99. The molecule has 1 aromatic heterocycles. The number of hydrogen-bond acceptors (Lipinski definition) is 6. The number of likely N-dealkylation sites (N-methyl/N-ethyl adjacent to an activating group) is 1. The molecule has 0 spiro atoms. The first kappa shape index (κ1) is 15.4. The third-order valence-electron chi connectivity index (χ3n) is 3.39. The van der Waals surface area contributed by atoms with Crippen molar-refractivity contribution in [2.45, 2.75) is 19.8 Å². The molecule has 9 heteroatoms. The fourth-order valence-electron chi connectivity index (χ4n) is 2.34. The minimum Gasteiger partial charge on any atom is -0.344 e. The monoisotopic (exact) mass is 313 g/mol. The van der Waals surface area contributed by atoms with Crippen LogP contribution in [-0.2, 0) is 4.79 Å². The average molecular weight is 314 g/mol. The Balaban J connectivity index is 2.23. The number of amides is 1. The molecule has 0 aromatic carbocycles. The molecule has 1 fully saturated rings. The highest BCUT2D eigenvalue weighted by Gasteiger charge is 2.27. The Labute approximate surface area is 126 Å². The number of rotatable bonds is 4. The Morgan fingerprint density at radius 2 is 2.05 bits per heavy atom. The number of aromatic nitrogens is 2. The van der Waals surface area contributed by atoms with Gasteiger partial charge < -0.3 is 9.80 Å². The molecular weight excluding hydrogens is 298 g/mol. The zero-order chi connectivity index (χ0) is 15.6. The van der Waals surface area contributed by atoms with E-state index in [1.807, 2.05) is 0 Å². The van der Waals surface area contributed by atoms with Crippen molar-refractivity contribution < 1.29 is 9.72 Å². The Bertz CT molecular complexity index is 574. The van der Waals surface area contributed by atoms with Gasteiger partial charge in [0.2, 0.25) is 17.0 Å². The maximum absolute atomic E-state index is 12.1. The molecule has 1 saturated heterocycles. The van der Waals surface area contributed by atoms with Gasteiger partial charge >= 0.3 is 5.69 Å². The zero-order valence-electron chi connectivity index (χ0n) is 11.9. The van der Waals surface area contributed by atoms with Gasteiger partial charge in [-0.2, -0.15) is 4.98 Å². The van der Waals surface area contributed by atoms with Gasteiger partial charge in [0.1, 0.15) is 5.69 Å². The van der Waals surface area contributed by atoms with Crippen LogP contribution in [0.5, 0.6) is 0 Å². The first-order chi connectivity index (χ1) is 9.90. The average Bonchev–Trinajstić information content (AvgIpc) is 2.90. The molecule has 1 aliphatic rings. The molecule has 0 N–H and O–H groups in total. The number of carbonyl (C=O) groups excluding carboxylic acids is 1. The predicted molar refractivity (Wildman–Crippen MR) is 77.5 cm³/mol. The van der Waals surface area contributed by atoms with Gasteiger partial charge in [0, 0.05) is 20.1 Å². The van der Waals surface area contributed by atoms with Crippen LogP contribution >= 0.6 is 11.6 Å². The number of aryl methyl sites for hydroxylation is 1. The van der Waals surface area contributed by atoms with Crippen molar-refractivity contribution in [2.75, 3.05) is 31.6 Å². The molecule has 2 heterocycles. The molecule has 8 nitrogen and oxygen atoms in total. The summed E-state index contributed by atoms with van der Waals surface area (Å²) in [7, 11) is 1.58. The summed E-state index contributed by atoms with van der Waals surface area (Å²) in [5.41, 5.74) is -0.0495. The van der Waals surface area contributed by atoms with Gasteiger partial charge in [0.15, 0.2) is 0 Å². The highest BCUT2D eigenvalue weighted by Crippen LogP contribution is 2.29. The van der Waals surface area contributed by atoms with E-state index in [2.05, 4.69) is 9.97 Å². The van der Waals surface area contributed by atoms with E-state index in [1.54, 1.807) is 11.9 Å². The number of hydrogen-bond donors (Lipinski definition) is 0. The van der Waals surface area contributed by atoms with Crippen LogP contribution in [0.3, 0.4) is 0 Å². The van der Waals surface area contributed by atoms with Gasteiger partial charge in [0.25, 0.3) is 0 Å². The second-order valence-electron chi connectivity index (χ2n) is 4.95. The molecule has 0 bridgehead atoms. The van der Waals surface area contributed by atoms with Crippen molar-refractivity contribution in [3.8, 4) is 0 Å². The van der Waals surface area contributed by atoms with Gasteiger partial charge in [-0.1, -0.05) is 0 Å². The Morgan fingerprint density at radius 3 is 2.62 bits per heavy atom. The van der Waals surface area contributed by atoms with Crippen LogP contribution in [-0.4, -0.2) is 52.4 Å². The number of anilines is 1. The van der Waals surface area contributed by atoms with E-state index in [9.17, 15) is 14.9 Å². The molecule has 0 saturated carbocycles. The summed E-state index contributed by atoms with van der Waals surface area (Å²) in [4.78, 5) is 33.6. The summed E-state index contributed by atoms with van der Waals surface area (Å²) < 4.78 is 0. The Kier molecular flexibility index (Phi) is 4.56. The normalized spacial score (nSPS) is 14.3. The van der Waals surface area contributed by atoms with Gasteiger partial charge in [-0.05, 0) is 31.4 Å². The molecule has 21 heavy (non-hydrogen) atoms. The molecule has 0 atom stereocenters. The van der Waals surface area contributed by atoms with Crippen LogP contribution in [0.4, 0.5) is 11.5 Å². The summed E-state index contributed by atoms with van der Waals surface area (Å²) in [5, 5.41) is 11.1. The molecule has 1 amide bonds. The second-order valence-corrected chi connectivity index (χ2v) is 5.29. The van der Waals surface area contributed by atoms with Crippen LogP contribution in [0.15, 0.2) is 0 Å². The molecule has 114 valence electrons. The van der Waals surface area contributed by atoms with E-state index in [1.165, 1.54) is 11.8 Å². The topological polar surface area (TPSA) is 92.5 Å². The summed E-state index contributed by atoms with van der Waals surface area (Å²) in [6, 6.07) is 0. The quantitative estimate of drug-likeness (QED) is 0.474. The third-order valence-corrected chi connectivity index (χ3v) is 3.56. The molecule has 0 unspecified atom stereocenters. The summed E-state index contributed by atoms with van der Waals surface area (Å²) in [6.45, 7) is 2.98. The molecule has 0 aliphatic carbocycles. The number of nitrogens with zero attached hydrogens (tertiary/aromatic N) is 5. The molecule has 1 aliphatic heterocycles. The van der Waals surface area contributed by atoms with Crippen molar-refractivity contribution in [3.63, 3.8) is 0 Å². The van der Waals surface area contributed by atoms with Crippen LogP contribution in [0.25, 0.3) is 0 Å². The molecule has 1 aromatic rings. The van der Waals surface area contributed by atoms with E-state index in [-0.39, 0.29) is 34.9 Å². The number of nitro groups is 1. The van der Waals surface area contributed by atoms with E-state index in [0.717, 1.165) is 25.9 Å². The molecule has 0 radical (unpaired) electrons. The third kappa shape index (κ3) is 3.38. The summed E-state index contributed by atoms with van der Waals surface area (Å²) in [5.74, 6) is -0.0123. The second kappa shape index (κ2) is 6.21. The van der Waals surface area contributed by atoms with Crippen molar-refractivity contribution in [1.82, 2.24) is 14.9 Å². The fraction of sp³-hybridized carbons (Fsp3) is 0.583. The highest BCUT2D eigenvalue weighted by molar-refractivity contribution is 6.28. The van der Waals surface area contributed by atoms with Crippen LogP contribution in [0.1, 0.15) is 18.5 Å². The zero-order valence-corrected chi connectivity index (χ0v) is 12.6. The number of halogens is 1. The minimum atomic E-state index is -0.558. The molecule has 2 rings (SSSR count). The highest BCUT2D eigenvalue weighted by atomic mass is 35.5. The smallest absolute Gasteiger partial charge is 0.332 e. The first-order valence-electron chi connectivity index (χ1n) is 6.57. The van der Waals surface area contributed by atoms with Gasteiger partial charge in [-0.15, -0.1) is 0 Å². The molecular formula is C12H16ClN5O3. The maximum Gasteiger partial charge on any atom is 0.332 e. The minimum absolute atomic E-state index is 0.0215. The number of likely N-dealkylation sites (tertiary alicyclic amines) is 1. The lowest BCUT2D eigenvalue weighted by molar-refractivity contribution is -0.385. The van der Waals surface area contributed by atoms with Gasteiger partial charge in [0.05, 0.1) is 11.5 Å². The lowest BCUT2D eigenvalue weighted by Gasteiger charge is -2.22. The Morgan fingerprint density at radius 1 is 1.43 bits per heavy atom. The van der Waals surface area contributed by atoms with E-state index in [0.29, 0.717) is 0 Å². The van der Waals surface area contributed by atoms with Crippen molar-refractivity contribution >= 4 is 29.0 Å².